The molecule has 0 bridgehead atoms. The van der Waals surface area contributed by atoms with Gasteiger partial charge in [0.05, 0.1) is 10.6 Å². The van der Waals surface area contributed by atoms with Crippen molar-refractivity contribution in [3.05, 3.63) is 54.6 Å². The van der Waals surface area contributed by atoms with Crippen molar-refractivity contribution in [1.29, 1.82) is 0 Å². The monoisotopic (exact) mass is 305 g/mol. The zero-order valence-corrected chi connectivity index (χ0v) is 12.3. The molecule has 0 fully saturated rings. The van der Waals surface area contributed by atoms with Crippen LogP contribution in [-0.2, 0) is 9.84 Å². The number of carbonyl (C=O) groups is 1. The molecule has 5 nitrogen and oxygen atoms in total. The molecule has 0 aliphatic heterocycles. The first-order chi connectivity index (χ1) is 10.0. The number of carbonyl (C=O) groups excluding carboxylic acids is 1. The number of amides is 1. The van der Waals surface area contributed by atoms with Gasteiger partial charge in [-0.1, -0.05) is 25.1 Å². The van der Waals surface area contributed by atoms with E-state index in [2.05, 4.69) is 5.32 Å². The Kier molecular flexibility index (Phi) is 4.59. The molecule has 0 atom stereocenters. The maximum absolute atomic E-state index is 11.7. The van der Waals surface area contributed by atoms with Crippen molar-refractivity contribution in [2.45, 2.75) is 11.8 Å². The van der Waals surface area contributed by atoms with E-state index in [-0.39, 0.29) is 10.6 Å². The van der Waals surface area contributed by atoms with Gasteiger partial charge >= 0.3 is 6.09 Å². The molecule has 1 N–H and O–H groups in total. The summed E-state index contributed by atoms with van der Waals surface area (Å²) in [7, 11) is -3.24. The lowest BCUT2D eigenvalue weighted by molar-refractivity contribution is 0.215. The van der Waals surface area contributed by atoms with Crippen molar-refractivity contribution >= 4 is 21.6 Å². The molecule has 2 aromatic rings. The molecule has 21 heavy (non-hydrogen) atoms. The normalized spacial score (nSPS) is 10.9. The molecule has 2 rings (SSSR count). The number of ether oxygens (including phenoxy) is 1. The van der Waals surface area contributed by atoms with Gasteiger partial charge in [0.2, 0.25) is 0 Å². The summed E-state index contributed by atoms with van der Waals surface area (Å²) in [4.78, 5) is 11.9. The topological polar surface area (TPSA) is 72.5 Å². The Morgan fingerprint density at radius 3 is 2.24 bits per heavy atom. The molecule has 0 aliphatic carbocycles. The highest BCUT2D eigenvalue weighted by Gasteiger charge is 2.11. The number of nitrogens with one attached hydrogen (secondary N) is 1. The maximum Gasteiger partial charge on any atom is 0.417 e. The molecule has 0 saturated carbocycles. The maximum atomic E-state index is 11.7. The Hall–Kier alpha value is -2.34. The Bertz CT molecular complexity index is 709. The highest BCUT2D eigenvalue weighted by Crippen LogP contribution is 2.16. The zero-order valence-electron chi connectivity index (χ0n) is 11.4. The van der Waals surface area contributed by atoms with Crippen LogP contribution in [0, 0.1) is 0 Å². The van der Waals surface area contributed by atoms with Gasteiger partial charge in [0.1, 0.15) is 5.75 Å². The highest BCUT2D eigenvalue weighted by atomic mass is 32.2. The van der Waals surface area contributed by atoms with Crippen LogP contribution in [0.5, 0.6) is 5.75 Å². The van der Waals surface area contributed by atoms with Crippen LogP contribution in [0.1, 0.15) is 6.92 Å². The van der Waals surface area contributed by atoms with E-state index in [9.17, 15) is 13.2 Å². The van der Waals surface area contributed by atoms with Crippen LogP contribution in [-0.4, -0.2) is 20.3 Å². The lowest BCUT2D eigenvalue weighted by atomic mass is 10.3. The zero-order chi connectivity index (χ0) is 15.3. The summed E-state index contributed by atoms with van der Waals surface area (Å²) in [6.45, 7) is 1.58. The first kappa shape index (κ1) is 15.1. The first-order valence-electron chi connectivity index (χ1n) is 6.38. The summed E-state index contributed by atoms with van der Waals surface area (Å²) in [6, 6.07) is 14.6. The van der Waals surface area contributed by atoms with E-state index in [1.54, 1.807) is 31.2 Å². The Balaban J connectivity index is 2.02. The van der Waals surface area contributed by atoms with E-state index in [1.807, 2.05) is 6.07 Å². The minimum atomic E-state index is -3.24. The minimum absolute atomic E-state index is 0.0375. The van der Waals surface area contributed by atoms with Crippen molar-refractivity contribution in [2.24, 2.45) is 0 Å². The van der Waals surface area contributed by atoms with E-state index in [0.29, 0.717) is 11.4 Å². The average molecular weight is 305 g/mol. The second-order valence-corrected chi connectivity index (χ2v) is 6.53. The molecule has 0 radical (unpaired) electrons. The number of anilines is 1. The van der Waals surface area contributed by atoms with E-state index >= 15 is 0 Å². The SMILES string of the molecule is CCS(=O)(=O)c1ccc(NC(=O)Oc2ccccc2)cc1. The van der Waals surface area contributed by atoms with E-state index in [0.717, 1.165) is 0 Å². The molecular formula is C15H15NO4S. The van der Waals surface area contributed by atoms with Gasteiger partial charge < -0.3 is 4.74 Å². The number of hydrogen-bond acceptors (Lipinski definition) is 4. The predicted molar refractivity (Wildman–Crippen MR) is 80.3 cm³/mol. The number of rotatable bonds is 4. The van der Waals surface area contributed by atoms with Crippen LogP contribution in [0.2, 0.25) is 0 Å². The third-order valence-corrected chi connectivity index (χ3v) is 4.54. The second kappa shape index (κ2) is 6.41. The van der Waals surface area contributed by atoms with Crippen LogP contribution in [0.15, 0.2) is 59.5 Å². The third-order valence-electron chi connectivity index (χ3n) is 2.79. The molecule has 6 heteroatoms. The van der Waals surface area contributed by atoms with Crippen LogP contribution in [0.3, 0.4) is 0 Å². The molecule has 0 heterocycles. The van der Waals surface area contributed by atoms with Gasteiger partial charge in [-0.25, -0.2) is 13.2 Å². The van der Waals surface area contributed by atoms with Crippen molar-refractivity contribution < 1.29 is 17.9 Å². The Morgan fingerprint density at radius 2 is 1.67 bits per heavy atom. The summed E-state index contributed by atoms with van der Waals surface area (Å²) in [5.41, 5.74) is 0.464. The van der Waals surface area contributed by atoms with E-state index < -0.39 is 15.9 Å². The minimum Gasteiger partial charge on any atom is -0.410 e. The Morgan fingerprint density at radius 1 is 1.05 bits per heavy atom. The van der Waals surface area contributed by atoms with Gasteiger partial charge in [0, 0.05) is 5.69 Å². The quantitative estimate of drug-likeness (QED) is 0.942. The standard InChI is InChI=1S/C15H15NO4S/c1-2-21(18,19)14-10-8-12(9-11-14)16-15(17)20-13-6-4-3-5-7-13/h3-11H,2H2,1H3,(H,16,17). The summed E-state index contributed by atoms with van der Waals surface area (Å²) in [5, 5.41) is 2.53. The molecule has 1 amide bonds. The summed E-state index contributed by atoms with van der Waals surface area (Å²) >= 11 is 0. The van der Waals surface area contributed by atoms with Crippen LogP contribution < -0.4 is 10.1 Å². The lowest BCUT2D eigenvalue weighted by Gasteiger charge is -2.07. The fourth-order valence-electron chi connectivity index (χ4n) is 1.65. The van der Waals surface area contributed by atoms with Crippen molar-refractivity contribution in [1.82, 2.24) is 0 Å². The van der Waals surface area contributed by atoms with E-state index in [4.69, 9.17) is 4.74 Å². The Labute approximate surface area is 123 Å². The summed E-state index contributed by atoms with van der Waals surface area (Å²) in [5.74, 6) is 0.468. The average Bonchev–Trinajstić information content (AvgIpc) is 2.48. The van der Waals surface area contributed by atoms with Gasteiger partial charge in [-0.05, 0) is 36.4 Å². The van der Waals surface area contributed by atoms with Crippen molar-refractivity contribution in [2.75, 3.05) is 11.1 Å². The molecule has 0 aliphatic rings. The van der Waals surface area contributed by atoms with Crippen molar-refractivity contribution in [3.8, 4) is 5.75 Å². The van der Waals surface area contributed by atoms with Gasteiger partial charge in [-0.15, -0.1) is 0 Å². The lowest BCUT2D eigenvalue weighted by Crippen LogP contribution is -2.16. The number of sulfone groups is 1. The van der Waals surface area contributed by atoms with Gasteiger partial charge in [-0.3, -0.25) is 5.32 Å². The molecule has 0 saturated heterocycles. The van der Waals surface area contributed by atoms with Gasteiger partial charge in [0.15, 0.2) is 9.84 Å². The fourth-order valence-corrected chi connectivity index (χ4v) is 2.54. The molecular weight excluding hydrogens is 290 g/mol. The smallest absolute Gasteiger partial charge is 0.410 e. The first-order valence-corrected chi connectivity index (χ1v) is 8.03. The van der Waals surface area contributed by atoms with Crippen LogP contribution >= 0.6 is 0 Å². The fraction of sp³-hybridized carbons (Fsp3) is 0.133. The van der Waals surface area contributed by atoms with Crippen LogP contribution in [0.4, 0.5) is 10.5 Å². The molecule has 110 valence electrons. The van der Waals surface area contributed by atoms with Crippen LogP contribution in [0.25, 0.3) is 0 Å². The van der Waals surface area contributed by atoms with E-state index in [1.165, 1.54) is 24.3 Å². The third kappa shape index (κ3) is 4.06. The number of benzene rings is 2. The number of hydrogen-bond donors (Lipinski definition) is 1. The van der Waals surface area contributed by atoms with Gasteiger partial charge in [0.25, 0.3) is 0 Å². The summed E-state index contributed by atoms with van der Waals surface area (Å²) < 4.78 is 28.4. The highest BCUT2D eigenvalue weighted by molar-refractivity contribution is 7.91. The van der Waals surface area contributed by atoms with Crippen molar-refractivity contribution in [3.63, 3.8) is 0 Å². The molecule has 0 unspecified atom stereocenters. The number of para-hydroxylation sites is 1. The molecule has 0 aromatic heterocycles. The molecule has 2 aromatic carbocycles. The largest absolute Gasteiger partial charge is 0.417 e. The summed E-state index contributed by atoms with van der Waals surface area (Å²) in [6.07, 6.45) is -0.632. The predicted octanol–water partition coefficient (Wildman–Crippen LogP) is 3.09. The molecule has 0 spiro atoms. The second-order valence-electron chi connectivity index (χ2n) is 4.26. The van der Waals surface area contributed by atoms with Gasteiger partial charge in [-0.2, -0.15) is 0 Å².